The van der Waals surface area contributed by atoms with Crippen LogP contribution in [0, 0.1) is 11.8 Å². The Bertz CT molecular complexity index is 114. The van der Waals surface area contributed by atoms with E-state index in [4.69, 9.17) is 5.11 Å². The minimum Gasteiger partial charge on any atom is -0.396 e. The molecule has 13 heavy (non-hydrogen) atoms. The van der Waals surface area contributed by atoms with Crippen molar-refractivity contribution in [2.24, 2.45) is 11.8 Å². The summed E-state index contributed by atoms with van der Waals surface area (Å²) >= 11 is 0. The highest BCUT2D eigenvalue weighted by molar-refractivity contribution is 4.69. The van der Waals surface area contributed by atoms with Crippen LogP contribution in [-0.2, 0) is 0 Å². The molecule has 1 fully saturated rings. The van der Waals surface area contributed by atoms with E-state index in [1.165, 1.54) is 44.9 Å². The average molecular weight is 184 g/mol. The Morgan fingerprint density at radius 2 is 1.92 bits per heavy atom. The first-order chi connectivity index (χ1) is 6.36. The molecule has 0 aromatic rings. The molecule has 0 amide bonds. The van der Waals surface area contributed by atoms with Crippen molar-refractivity contribution in [2.45, 2.75) is 58.3 Å². The lowest BCUT2D eigenvalue weighted by Crippen LogP contribution is -2.12. The molecule has 1 aliphatic carbocycles. The molecule has 1 saturated carbocycles. The maximum atomic E-state index is 8.90. The van der Waals surface area contributed by atoms with Crippen LogP contribution in [0.1, 0.15) is 58.3 Å². The SMILES string of the molecule is CCC(CCO)CC1CCCCC1. The third kappa shape index (κ3) is 4.12. The second-order valence-electron chi connectivity index (χ2n) is 4.53. The third-order valence-electron chi connectivity index (χ3n) is 3.51. The fraction of sp³-hybridized carbons (Fsp3) is 1.00. The van der Waals surface area contributed by atoms with Crippen molar-refractivity contribution in [3.05, 3.63) is 0 Å². The molecule has 0 saturated heterocycles. The van der Waals surface area contributed by atoms with Crippen LogP contribution in [0.4, 0.5) is 0 Å². The number of aliphatic hydroxyl groups is 1. The van der Waals surface area contributed by atoms with Gasteiger partial charge in [-0.3, -0.25) is 0 Å². The van der Waals surface area contributed by atoms with Gasteiger partial charge in [-0.05, 0) is 24.7 Å². The molecule has 1 rings (SSSR count). The first-order valence-corrected chi connectivity index (χ1v) is 5.97. The molecule has 0 bridgehead atoms. The molecule has 0 aliphatic heterocycles. The van der Waals surface area contributed by atoms with Crippen LogP contribution in [0.3, 0.4) is 0 Å². The van der Waals surface area contributed by atoms with Gasteiger partial charge in [0.25, 0.3) is 0 Å². The summed E-state index contributed by atoms with van der Waals surface area (Å²) in [5, 5.41) is 8.90. The van der Waals surface area contributed by atoms with Gasteiger partial charge >= 0.3 is 0 Å². The van der Waals surface area contributed by atoms with E-state index in [0.29, 0.717) is 6.61 Å². The average Bonchev–Trinajstić information content (AvgIpc) is 2.19. The number of rotatable bonds is 5. The Balaban J connectivity index is 2.18. The fourth-order valence-corrected chi connectivity index (χ4v) is 2.57. The van der Waals surface area contributed by atoms with Crippen LogP contribution in [-0.4, -0.2) is 11.7 Å². The van der Waals surface area contributed by atoms with E-state index < -0.39 is 0 Å². The van der Waals surface area contributed by atoms with Gasteiger partial charge in [-0.1, -0.05) is 45.4 Å². The molecule has 78 valence electrons. The van der Waals surface area contributed by atoms with Crippen LogP contribution in [0.2, 0.25) is 0 Å². The van der Waals surface area contributed by atoms with Crippen LogP contribution < -0.4 is 0 Å². The quantitative estimate of drug-likeness (QED) is 0.694. The van der Waals surface area contributed by atoms with Crippen molar-refractivity contribution in [3.63, 3.8) is 0 Å². The highest BCUT2D eigenvalue weighted by Crippen LogP contribution is 2.30. The van der Waals surface area contributed by atoms with Gasteiger partial charge in [0.05, 0.1) is 0 Å². The topological polar surface area (TPSA) is 20.2 Å². The Labute approximate surface area is 82.5 Å². The molecular formula is C12H24O. The van der Waals surface area contributed by atoms with Gasteiger partial charge in [-0.2, -0.15) is 0 Å². The van der Waals surface area contributed by atoms with Gasteiger partial charge in [0.1, 0.15) is 0 Å². The summed E-state index contributed by atoms with van der Waals surface area (Å²) in [5.41, 5.74) is 0. The lowest BCUT2D eigenvalue weighted by atomic mass is 9.81. The van der Waals surface area contributed by atoms with E-state index in [9.17, 15) is 0 Å². The summed E-state index contributed by atoms with van der Waals surface area (Å²) in [4.78, 5) is 0. The fourth-order valence-electron chi connectivity index (χ4n) is 2.57. The Kier molecular flexibility index (Phi) is 5.45. The zero-order valence-electron chi connectivity index (χ0n) is 8.97. The van der Waals surface area contributed by atoms with E-state index in [2.05, 4.69) is 6.92 Å². The molecular weight excluding hydrogens is 160 g/mol. The summed E-state index contributed by atoms with van der Waals surface area (Å²) < 4.78 is 0. The molecule has 1 aliphatic rings. The molecule has 0 heterocycles. The summed E-state index contributed by atoms with van der Waals surface area (Å²) in [6.07, 6.45) is 10.9. The van der Waals surface area contributed by atoms with E-state index in [1.807, 2.05) is 0 Å². The van der Waals surface area contributed by atoms with Crippen molar-refractivity contribution < 1.29 is 5.11 Å². The Morgan fingerprint density at radius 1 is 1.23 bits per heavy atom. The van der Waals surface area contributed by atoms with E-state index in [1.54, 1.807) is 0 Å². The molecule has 0 aromatic heterocycles. The maximum absolute atomic E-state index is 8.90. The van der Waals surface area contributed by atoms with Crippen molar-refractivity contribution >= 4 is 0 Å². The van der Waals surface area contributed by atoms with E-state index >= 15 is 0 Å². The van der Waals surface area contributed by atoms with Gasteiger partial charge < -0.3 is 5.11 Å². The predicted octanol–water partition coefficient (Wildman–Crippen LogP) is 3.37. The normalized spacial score (nSPS) is 21.7. The minimum absolute atomic E-state index is 0.380. The van der Waals surface area contributed by atoms with Gasteiger partial charge in [-0.15, -0.1) is 0 Å². The standard InChI is InChI=1S/C12H24O/c1-2-11(8-9-13)10-12-6-4-3-5-7-12/h11-13H,2-10H2,1H3. The first kappa shape index (κ1) is 11.0. The number of hydrogen-bond donors (Lipinski definition) is 1. The smallest absolute Gasteiger partial charge is 0.0433 e. The molecule has 0 radical (unpaired) electrons. The van der Waals surface area contributed by atoms with Gasteiger partial charge in [0.2, 0.25) is 0 Å². The molecule has 1 heteroatoms. The Morgan fingerprint density at radius 3 is 2.46 bits per heavy atom. The lowest BCUT2D eigenvalue weighted by Gasteiger charge is -2.25. The molecule has 1 nitrogen and oxygen atoms in total. The summed E-state index contributed by atoms with van der Waals surface area (Å²) in [6, 6.07) is 0. The van der Waals surface area contributed by atoms with Crippen molar-refractivity contribution in [3.8, 4) is 0 Å². The minimum atomic E-state index is 0.380. The van der Waals surface area contributed by atoms with Crippen LogP contribution in [0.25, 0.3) is 0 Å². The largest absolute Gasteiger partial charge is 0.396 e. The lowest BCUT2D eigenvalue weighted by molar-refractivity contribution is 0.218. The second kappa shape index (κ2) is 6.42. The maximum Gasteiger partial charge on any atom is 0.0433 e. The number of hydrogen-bond acceptors (Lipinski definition) is 1. The Hall–Kier alpha value is -0.0400. The van der Waals surface area contributed by atoms with E-state index in [-0.39, 0.29) is 0 Å². The first-order valence-electron chi connectivity index (χ1n) is 5.97. The van der Waals surface area contributed by atoms with E-state index in [0.717, 1.165) is 18.3 Å². The van der Waals surface area contributed by atoms with Crippen molar-refractivity contribution in [1.29, 1.82) is 0 Å². The monoisotopic (exact) mass is 184 g/mol. The molecule has 1 unspecified atom stereocenters. The molecule has 1 atom stereocenters. The highest BCUT2D eigenvalue weighted by Gasteiger charge is 2.17. The second-order valence-corrected chi connectivity index (χ2v) is 4.53. The summed E-state index contributed by atoms with van der Waals surface area (Å²) in [7, 11) is 0. The van der Waals surface area contributed by atoms with Crippen molar-refractivity contribution in [2.75, 3.05) is 6.61 Å². The molecule has 1 N–H and O–H groups in total. The summed E-state index contributed by atoms with van der Waals surface area (Å²) in [6.45, 7) is 2.63. The third-order valence-corrected chi connectivity index (χ3v) is 3.51. The van der Waals surface area contributed by atoms with Gasteiger partial charge in [0.15, 0.2) is 0 Å². The molecule has 0 aromatic carbocycles. The van der Waals surface area contributed by atoms with Crippen molar-refractivity contribution in [1.82, 2.24) is 0 Å². The predicted molar refractivity (Wildman–Crippen MR) is 56.7 cm³/mol. The highest BCUT2D eigenvalue weighted by atomic mass is 16.3. The van der Waals surface area contributed by atoms with Crippen LogP contribution >= 0.6 is 0 Å². The molecule has 0 spiro atoms. The van der Waals surface area contributed by atoms with Crippen LogP contribution in [0.15, 0.2) is 0 Å². The van der Waals surface area contributed by atoms with Gasteiger partial charge in [-0.25, -0.2) is 0 Å². The van der Waals surface area contributed by atoms with Crippen LogP contribution in [0.5, 0.6) is 0 Å². The zero-order valence-corrected chi connectivity index (χ0v) is 8.97. The number of aliphatic hydroxyl groups excluding tert-OH is 1. The van der Waals surface area contributed by atoms with Gasteiger partial charge in [0, 0.05) is 6.61 Å². The summed E-state index contributed by atoms with van der Waals surface area (Å²) in [5.74, 6) is 1.76. The zero-order chi connectivity index (χ0) is 9.52.